The Bertz CT molecular complexity index is 958. The average molecular weight is 556 g/mol. The lowest BCUT2D eigenvalue weighted by Gasteiger charge is -2.28. The van der Waals surface area contributed by atoms with Crippen LogP contribution in [0, 0.1) is 0 Å². The lowest BCUT2D eigenvalue weighted by molar-refractivity contribution is 0.0988. The van der Waals surface area contributed by atoms with Crippen LogP contribution in [-0.2, 0) is 16.4 Å². The van der Waals surface area contributed by atoms with Gasteiger partial charge in [0, 0.05) is 24.5 Å². The van der Waals surface area contributed by atoms with E-state index in [-0.39, 0.29) is 41.9 Å². The molecular weight excluding hydrogens is 523 g/mol. The molecule has 0 bridgehead atoms. The molecule has 34 heavy (non-hydrogen) atoms. The number of ether oxygens (including phenoxy) is 2. The van der Waals surface area contributed by atoms with Crippen molar-refractivity contribution in [3.8, 4) is 11.5 Å². The minimum Gasteiger partial charge on any atom is -0.497 e. The predicted octanol–water partition coefficient (Wildman–Crippen LogP) is 3.59. The molecule has 192 valence electrons. The van der Waals surface area contributed by atoms with Crippen LogP contribution in [0.25, 0.3) is 0 Å². The summed E-state index contributed by atoms with van der Waals surface area (Å²) in [5, 5.41) is 13.2. The first-order valence-corrected chi connectivity index (χ1v) is 13.0. The predicted molar refractivity (Wildman–Crippen MR) is 140 cm³/mol. The van der Waals surface area contributed by atoms with Crippen molar-refractivity contribution in [1.82, 2.24) is 10.0 Å². The standard InChI is InChI=1S/C23H32Cl2N2O5S.ClH/c1-23(2,12-17-4-6-20(31-3)7-5-17)26-15-19(28)16-32-21-8-10-22(11-9-21)33(29,30)27-14-18(25)13-24;/h4-11,18-19,26-28H,12-16H2,1-3H3;1H/t18?,19-;/m1./s1. The molecule has 0 amide bonds. The Labute approximate surface area is 218 Å². The molecule has 2 atom stereocenters. The van der Waals surface area contributed by atoms with E-state index in [1.807, 2.05) is 24.3 Å². The van der Waals surface area contributed by atoms with Gasteiger partial charge in [0.05, 0.1) is 17.4 Å². The summed E-state index contributed by atoms with van der Waals surface area (Å²) in [5.41, 5.74) is 0.928. The molecular formula is C23H33Cl3N2O5S. The van der Waals surface area contributed by atoms with Gasteiger partial charge in [-0.25, -0.2) is 13.1 Å². The highest BCUT2D eigenvalue weighted by Crippen LogP contribution is 2.18. The molecule has 0 aliphatic heterocycles. The minimum absolute atomic E-state index is 0. The maximum atomic E-state index is 12.3. The van der Waals surface area contributed by atoms with Crippen molar-refractivity contribution >= 4 is 45.6 Å². The molecule has 0 saturated heterocycles. The lowest BCUT2D eigenvalue weighted by Crippen LogP contribution is -2.46. The highest BCUT2D eigenvalue weighted by molar-refractivity contribution is 7.89. The third kappa shape index (κ3) is 10.6. The summed E-state index contributed by atoms with van der Waals surface area (Å²) in [4.78, 5) is 0.0933. The maximum absolute atomic E-state index is 12.3. The molecule has 1 unspecified atom stereocenters. The number of hydrogen-bond donors (Lipinski definition) is 3. The van der Waals surface area contributed by atoms with Crippen LogP contribution in [-0.4, -0.2) is 63.2 Å². The Morgan fingerprint density at radius 3 is 2.18 bits per heavy atom. The molecule has 2 rings (SSSR count). The maximum Gasteiger partial charge on any atom is 0.240 e. The molecule has 0 aliphatic carbocycles. The SMILES string of the molecule is COc1ccc(CC(C)(C)NC[C@@H](O)COc2ccc(S(=O)(=O)NCC(Cl)CCl)cc2)cc1.Cl. The number of halogens is 3. The fourth-order valence-corrected chi connectivity index (χ4v) is 4.37. The van der Waals surface area contributed by atoms with E-state index < -0.39 is 21.5 Å². The van der Waals surface area contributed by atoms with Gasteiger partial charge in [0.2, 0.25) is 10.0 Å². The quantitative estimate of drug-likeness (QED) is 0.308. The summed E-state index contributed by atoms with van der Waals surface area (Å²) in [6.45, 7) is 4.59. The fourth-order valence-electron chi connectivity index (χ4n) is 3.01. The Kier molecular flexibility index (Phi) is 13.0. The molecule has 2 aromatic carbocycles. The van der Waals surface area contributed by atoms with Gasteiger partial charge in [-0.15, -0.1) is 35.6 Å². The summed E-state index contributed by atoms with van der Waals surface area (Å²) in [7, 11) is -2.05. The molecule has 0 spiro atoms. The number of β-amino-alcohol motifs (C(OH)–C–C–N with tert-alkyl or cyclic N) is 1. The van der Waals surface area contributed by atoms with Crippen molar-refractivity contribution < 1.29 is 23.0 Å². The summed E-state index contributed by atoms with van der Waals surface area (Å²) in [6.07, 6.45) is 0.0469. The van der Waals surface area contributed by atoms with E-state index in [9.17, 15) is 13.5 Å². The second-order valence-corrected chi connectivity index (χ2v) is 11.0. The highest BCUT2D eigenvalue weighted by atomic mass is 35.5. The van der Waals surface area contributed by atoms with Crippen molar-refractivity contribution in [3.05, 3.63) is 54.1 Å². The zero-order chi connectivity index (χ0) is 24.5. The first-order chi connectivity index (χ1) is 15.5. The largest absolute Gasteiger partial charge is 0.497 e. The molecule has 2 aromatic rings. The van der Waals surface area contributed by atoms with E-state index in [0.717, 1.165) is 17.7 Å². The number of benzene rings is 2. The number of sulfonamides is 1. The molecule has 0 aliphatic rings. The topological polar surface area (TPSA) is 96.9 Å². The van der Waals surface area contributed by atoms with Crippen molar-refractivity contribution in [2.75, 3.05) is 32.7 Å². The van der Waals surface area contributed by atoms with Crippen LogP contribution in [0.5, 0.6) is 11.5 Å². The van der Waals surface area contributed by atoms with Gasteiger partial charge in [-0.1, -0.05) is 12.1 Å². The fraction of sp³-hybridized carbons (Fsp3) is 0.478. The number of methoxy groups -OCH3 is 1. The van der Waals surface area contributed by atoms with Gasteiger partial charge >= 0.3 is 0 Å². The third-order valence-electron chi connectivity index (χ3n) is 4.86. The van der Waals surface area contributed by atoms with Crippen LogP contribution in [0.15, 0.2) is 53.4 Å². The molecule has 0 fully saturated rings. The van der Waals surface area contributed by atoms with Gasteiger partial charge in [-0.3, -0.25) is 0 Å². The normalized spacial score (nSPS) is 13.6. The number of alkyl halides is 2. The van der Waals surface area contributed by atoms with Crippen molar-refractivity contribution in [2.45, 2.75) is 42.2 Å². The first kappa shape index (κ1) is 30.8. The van der Waals surface area contributed by atoms with E-state index in [2.05, 4.69) is 23.9 Å². The summed E-state index contributed by atoms with van der Waals surface area (Å²) >= 11 is 11.4. The van der Waals surface area contributed by atoms with Crippen molar-refractivity contribution in [2.24, 2.45) is 0 Å². The molecule has 0 heterocycles. The Hall–Kier alpha value is -1.26. The van der Waals surface area contributed by atoms with Gasteiger partial charge in [0.1, 0.15) is 24.2 Å². The Balaban J connectivity index is 0.00000578. The van der Waals surface area contributed by atoms with Crippen LogP contribution in [0.3, 0.4) is 0 Å². The van der Waals surface area contributed by atoms with E-state index in [1.54, 1.807) is 19.2 Å². The van der Waals surface area contributed by atoms with Crippen LogP contribution < -0.4 is 19.5 Å². The van der Waals surface area contributed by atoms with E-state index in [0.29, 0.717) is 12.3 Å². The van der Waals surface area contributed by atoms with Crippen LogP contribution >= 0.6 is 35.6 Å². The van der Waals surface area contributed by atoms with Gasteiger partial charge in [0.25, 0.3) is 0 Å². The van der Waals surface area contributed by atoms with Crippen molar-refractivity contribution in [1.29, 1.82) is 0 Å². The molecule has 0 radical (unpaired) electrons. The summed E-state index contributed by atoms with van der Waals surface area (Å²) < 4.78 is 37.7. The highest BCUT2D eigenvalue weighted by Gasteiger charge is 2.20. The van der Waals surface area contributed by atoms with Gasteiger partial charge in [0.15, 0.2) is 0 Å². The smallest absolute Gasteiger partial charge is 0.240 e. The molecule has 7 nitrogen and oxygen atoms in total. The number of rotatable bonds is 14. The first-order valence-electron chi connectivity index (χ1n) is 10.5. The van der Waals surface area contributed by atoms with Crippen LogP contribution in [0.2, 0.25) is 0 Å². The number of nitrogens with one attached hydrogen (secondary N) is 2. The summed E-state index contributed by atoms with van der Waals surface area (Å²) in [5.74, 6) is 1.42. The molecule has 0 aromatic heterocycles. The molecule has 11 heteroatoms. The number of hydrogen-bond acceptors (Lipinski definition) is 6. The number of aliphatic hydroxyl groups excluding tert-OH is 1. The van der Waals surface area contributed by atoms with Gasteiger partial charge in [-0.05, 0) is 62.2 Å². The van der Waals surface area contributed by atoms with Gasteiger partial charge in [-0.2, -0.15) is 0 Å². The van der Waals surface area contributed by atoms with E-state index in [4.69, 9.17) is 32.7 Å². The van der Waals surface area contributed by atoms with E-state index in [1.165, 1.54) is 12.1 Å². The zero-order valence-electron chi connectivity index (χ0n) is 19.5. The monoisotopic (exact) mass is 554 g/mol. The number of aliphatic hydroxyl groups is 1. The minimum atomic E-state index is -3.68. The van der Waals surface area contributed by atoms with Crippen molar-refractivity contribution in [3.63, 3.8) is 0 Å². The third-order valence-corrected chi connectivity index (χ3v) is 7.14. The van der Waals surface area contributed by atoms with Crippen LogP contribution in [0.1, 0.15) is 19.4 Å². The van der Waals surface area contributed by atoms with Crippen LogP contribution in [0.4, 0.5) is 0 Å². The molecule has 0 saturated carbocycles. The average Bonchev–Trinajstić information content (AvgIpc) is 2.80. The molecule has 3 N–H and O–H groups in total. The Morgan fingerprint density at radius 1 is 1.03 bits per heavy atom. The second kappa shape index (κ2) is 14.3. The van der Waals surface area contributed by atoms with E-state index >= 15 is 0 Å². The van der Waals surface area contributed by atoms with Gasteiger partial charge < -0.3 is 19.9 Å². The lowest BCUT2D eigenvalue weighted by atomic mass is 9.94. The summed E-state index contributed by atoms with van der Waals surface area (Å²) in [6, 6.07) is 13.9. The second-order valence-electron chi connectivity index (χ2n) is 8.33. The zero-order valence-corrected chi connectivity index (χ0v) is 22.6. The Morgan fingerprint density at radius 2 is 1.62 bits per heavy atom.